The van der Waals surface area contributed by atoms with Gasteiger partial charge in [0.05, 0.1) is 23.8 Å². The fraction of sp³-hybridized carbons (Fsp3) is 0.300. The van der Waals surface area contributed by atoms with Gasteiger partial charge in [0.25, 0.3) is 0 Å². The fourth-order valence-electron chi connectivity index (χ4n) is 1.13. The van der Waals surface area contributed by atoms with Crippen LogP contribution in [0.4, 0.5) is 0 Å². The predicted molar refractivity (Wildman–Crippen MR) is 60.2 cm³/mol. The molecule has 5 nitrogen and oxygen atoms in total. The molecule has 0 bridgehead atoms. The van der Waals surface area contributed by atoms with Crippen LogP contribution in [0.3, 0.4) is 0 Å². The van der Waals surface area contributed by atoms with E-state index in [1.165, 1.54) is 19.2 Å². The Kier molecular flexibility index (Phi) is 4.57. The summed E-state index contributed by atoms with van der Waals surface area (Å²) in [6, 6.07) is 2.78. The van der Waals surface area contributed by atoms with Crippen LogP contribution in [0.1, 0.15) is 10.4 Å². The molecule has 1 aromatic carbocycles. The molecule has 0 aromatic heterocycles. The Balaban J connectivity index is 3.12. The van der Waals surface area contributed by atoms with Crippen molar-refractivity contribution < 1.29 is 24.5 Å². The monoisotopic (exact) mass is 290 g/mol. The van der Waals surface area contributed by atoms with Crippen molar-refractivity contribution in [3.05, 3.63) is 22.2 Å². The van der Waals surface area contributed by atoms with Gasteiger partial charge < -0.3 is 19.7 Å². The SMILES string of the molecule is COc1cc(C(=O)O)cc(Br)c1OCCO. The molecule has 0 aliphatic heterocycles. The zero-order valence-corrected chi connectivity index (χ0v) is 10.2. The van der Waals surface area contributed by atoms with Gasteiger partial charge in [0.1, 0.15) is 6.61 Å². The van der Waals surface area contributed by atoms with E-state index in [9.17, 15) is 4.79 Å². The van der Waals surface area contributed by atoms with Crippen molar-refractivity contribution in [2.45, 2.75) is 0 Å². The van der Waals surface area contributed by atoms with Crippen molar-refractivity contribution in [1.82, 2.24) is 0 Å². The molecule has 0 unspecified atom stereocenters. The largest absolute Gasteiger partial charge is 0.493 e. The van der Waals surface area contributed by atoms with Crippen LogP contribution in [-0.2, 0) is 0 Å². The highest BCUT2D eigenvalue weighted by molar-refractivity contribution is 9.10. The van der Waals surface area contributed by atoms with Crippen molar-refractivity contribution in [3.8, 4) is 11.5 Å². The Morgan fingerprint density at radius 1 is 1.50 bits per heavy atom. The second-order valence-electron chi connectivity index (χ2n) is 2.87. The lowest BCUT2D eigenvalue weighted by molar-refractivity contribution is 0.0696. The van der Waals surface area contributed by atoms with Gasteiger partial charge in [-0.25, -0.2) is 4.79 Å². The third kappa shape index (κ3) is 2.86. The zero-order chi connectivity index (χ0) is 12.1. The second kappa shape index (κ2) is 5.72. The average molecular weight is 291 g/mol. The third-order valence-corrected chi connectivity index (χ3v) is 2.40. The first kappa shape index (κ1) is 12.8. The maximum Gasteiger partial charge on any atom is 0.335 e. The summed E-state index contributed by atoms with van der Waals surface area (Å²) in [6.07, 6.45) is 0. The van der Waals surface area contributed by atoms with Gasteiger partial charge >= 0.3 is 5.97 Å². The van der Waals surface area contributed by atoms with Crippen LogP contribution in [0.2, 0.25) is 0 Å². The lowest BCUT2D eigenvalue weighted by Gasteiger charge is -2.12. The van der Waals surface area contributed by atoms with Crippen LogP contribution in [0.5, 0.6) is 11.5 Å². The van der Waals surface area contributed by atoms with E-state index in [4.69, 9.17) is 19.7 Å². The van der Waals surface area contributed by atoms with E-state index < -0.39 is 5.97 Å². The Hall–Kier alpha value is -1.27. The number of aliphatic hydroxyl groups is 1. The summed E-state index contributed by atoms with van der Waals surface area (Å²) >= 11 is 3.19. The molecule has 0 radical (unpaired) electrons. The number of hydrogen-bond donors (Lipinski definition) is 2. The molecule has 0 atom stereocenters. The number of carbonyl (C=O) groups is 1. The maximum absolute atomic E-state index is 10.8. The van der Waals surface area contributed by atoms with Crippen LogP contribution in [0, 0.1) is 0 Å². The predicted octanol–water partition coefficient (Wildman–Crippen LogP) is 1.53. The Labute approximate surface area is 101 Å². The molecule has 0 saturated carbocycles. The van der Waals surface area contributed by atoms with Gasteiger partial charge in [-0.1, -0.05) is 0 Å². The molecule has 0 aliphatic rings. The summed E-state index contributed by atoms with van der Waals surface area (Å²) in [5, 5.41) is 17.5. The number of carboxylic acid groups (broad SMARTS) is 1. The van der Waals surface area contributed by atoms with Crippen molar-refractivity contribution in [3.63, 3.8) is 0 Å². The van der Waals surface area contributed by atoms with Crippen LogP contribution >= 0.6 is 15.9 Å². The lowest BCUT2D eigenvalue weighted by atomic mass is 10.2. The minimum atomic E-state index is -1.05. The molecular formula is C10H11BrO5. The number of halogens is 1. The molecular weight excluding hydrogens is 280 g/mol. The number of ether oxygens (including phenoxy) is 2. The van der Waals surface area contributed by atoms with Crippen LogP contribution in [0.15, 0.2) is 16.6 Å². The molecule has 6 heteroatoms. The Morgan fingerprint density at radius 3 is 2.69 bits per heavy atom. The number of aliphatic hydroxyl groups excluding tert-OH is 1. The normalized spacial score (nSPS) is 9.94. The highest BCUT2D eigenvalue weighted by Crippen LogP contribution is 2.36. The molecule has 16 heavy (non-hydrogen) atoms. The zero-order valence-electron chi connectivity index (χ0n) is 8.57. The maximum atomic E-state index is 10.8. The van der Waals surface area contributed by atoms with E-state index >= 15 is 0 Å². The van der Waals surface area contributed by atoms with Gasteiger partial charge in [0.2, 0.25) is 0 Å². The molecule has 0 saturated heterocycles. The van der Waals surface area contributed by atoms with E-state index in [2.05, 4.69) is 15.9 Å². The Morgan fingerprint density at radius 2 is 2.19 bits per heavy atom. The minimum absolute atomic E-state index is 0.0973. The average Bonchev–Trinajstić information content (AvgIpc) is 2.26. The van der Waals surface area contributed by atoms with E-state index in [1.807, 2.05) is 0 Å². The number of aromatic carboxylic acids is 1. The first-order valence-corrected chi connectivity index (χ1v) is 5.24. The summed E-state index contributed by atoms with van der Waals surface area (Å²) in [6.45, 7) is -0.0162. The van der Waals surface area contributed by atoms with Gasteiger partial charge in [-0.15, -0.1) is 0 Å². The van der Waals surface area contributed by atoms with Gasteiger partial charge in [0, 0.05) is 0 Å². The van der Waals surface area contributed by atoms with E-state index in [0.717, 1.165) is 0 Å². The Bertz CT molecular complexity index is 391. The number of benzene rings is 1. The van der Waals surface area contributed by atoms with Crippen LogP contribution in [0.25, 0.3) is 0 Å². The highest BCUT2D eigenvalue weighted by atomic mass is 79.9. The fourth-order valence-corrected chi connectivity index (χ4v) is 1.69. The van der Waals surface area contributed by atoms with Crippen molar-refractivity contribution >= 4 is 21.9 Å². The quantitative estimate of drug-likeness (QED) is 0.860. The number of methoxy groups -OCH3 is 1. The van der Waals surface area contributed by atoms with E-state index in [1.54, 1.807) is 0 Å². The highest BCUT2D eigenvalue weighted by Gasteiger charge is 2.14. The van der Waals surface area contributed by atoms with Gasteiger partial charge in [-0.3, -0.25) is 0 Å². The lowest BCUT2D eigenvalue weighted by Crippen LogP contribution is -2.05. The number of rotatable bonds is 5. The molecule has 1 rings (SSSR count). The second-order valence-corrected chi connectivity index (χ2v) is 3.72. The molecule has 0 fully saturated rings. The van der Waals surface area contributed by atoms with Gasteiger partial charge in [-0.2, -0.15) is 0 Å². The van der Waals surface area contributed by atoms with Crippen molar-refractivity contribution in [1.29, 1.82) is 0 Å². The standard InChI is InChI=1S/C10H11BrO5/c1-15-8-5-6(10(13)14)4-7(11)9(8)16-3-2-12/h4-5,12H,2-3H2,1H3,(H,13,14). The smallest absolute Gasteiger partial charge is 0.335 e. The van der Waals surface area contributed by atoms with Crippen molar-refractivity contribution in [2.75, 3.05) is 20.3 Å². The number of hydrogen-bond acceptors (Lipinski definition) is 4. The topological polar surface area (TPSA) is 76.0 Å². The van der Waals surface area contributed by atoms with Crippen LogP contribution < -0.4 is 9.47 Å². The molecule has 2 N–H and O–H groups in total. The first-order valence-electron chi connectivity index (χ1n) is 4.44. The first-order chi connectivity index (χ1) is 7.60. The summed E-state index contributed by atoms with van der Waals surface area (Å²) in [5.41, 5.74) is 0.0973. The molecule has 0 heterocycles. The molecule has 0 aliphatic carbocycles. The summed E-state index contributed by atoms with van der Waals surface area (Å²) in [5.74, 6) is -0.366. The van der Waals surface area contributed by atoms with Gasteiger partial charge in [-0.05, 0) is 28.1 Å². The molecule has 0 amide bonds. The molecule has 0 spiro atoms. The van der Waals surface area contributed by atoms with E-state index in [-0.39, 0.29) is 18.8 Å². The van der Waals surface area contributed by atoms with Gasteiger partial charge in [0.15, 0.2) is 11.5 Å². The van der Waals surface area contributed by atoms with Crippen LogP contribution in [-0.4, -0.2) is 36.5 Å². The third-order valence-electron chi connectivity index (χ3n) is 1.81. The molecule has 1 aromatic rings. The van der Waals surface area contributed by atoms with E-state index in [0.29, 0.717) is 16.0 Å². The minimum Gasteiger partial charge on any atom is -0.493 e. The molecule has 88 valence electrons. The summed E-state index contributed by atoms with van der Waals surface area (Å²) in [4.78, 5) is 10.8. The summed E-state index contributed by atoms with van der Waals surface area (Å²) < 4.78 is 10.7. The van der Waals surface area contributed by atoms with Crippen molar-refractivity contribution in [2.24, 2.45) is 0 Å². The summed E-state index contributed by atoms with van der Waals surface area (Å²) in [7, 11) is 1.42. The number of carboxylic acids is 1.